The number of thiazole rings is 1. The molecule has 3 aromatic rings. The minimum absolute atomic E-state index is 0.158. The third kappa shape index (κ3) is 3.89. The van der Waals surface area contributed by atoms with E-state index in [1.54, 1.807) is 24.4 Å². The number of rotatable bonds is 4. The zero-order valence-corrected chi connectivity index (χ0v) is 14.5. The van der Waals surface area contributed by atoms with Crippen LogP contribution in [0.2, 0.25) is 0 Å². The molecule has 0 radical (unpaired) electrons. The molecule has 1 amide bonds. The molecule has 1 aromatic carbocycles. The van der Waals surface area contributed by atoms with E-state index in [1.165, 1.54) is 17.5 Å². The maximum atomic E-state index is 12.3. The summed E-state index contributed by atoms with van der Waals surface area (Å²) in [6, 6.07) is 10.7. The van der Waals surface area contributed by atoms with Gasteiger partial charge in [-0.3, -0.25) is 20.1 Å². The Balaban J connectivity index is 1.79. The van der Waals surface area contributed by atoms with E-state index >= 15 is 0 Å². The summed E-state index contributed by atoms with van der Waals surface area (Å²) in [5.74, 6) is -0.266. The number of aromatic nitrogens is 2. The van der Waals surface area contributed by atoms with Crippen molar-refractivity contribution in [3.8, 4) is 12.1 Å². The average Bonchev–Trinajstić information content (AvgIpc) is 3.04. The van der Waals surface area contributed by atoms with Crippen LogP contribution in [0.25, 0.3) is 10.2 Å². The molecule has 7 nitrogen and oxygen atoms in total. The number of hydrogen-bond acceptors (Lipinski definition) is 7. The Morgan fingerprint density at radius 2 is 2.08 bits per heavy atom. The molecule has 0 saturated heterocycles. The summed E-state index contributed by atoms with van der Waals surface area (Å²) in [7, 11) is 0. The largest absolute Gasteiger partial charge is 0.298 e. The van der Waals surface area contributed by atoms with E-state index in [0.717, 1.165) is 21.3 Å². The summed E-state index contributed by atoms with van der Waals surface area (Å²) in [6.07, 6.45) is 3.19. The number of fused-ring (bicyclic) bond motifs is 1. The highest BCUT2D eigenvalue weighted by molar-refractivity contribution is 7.22. The molecule has 0 bridgehead atoms. The van der Waals surface area contributed by atoms with Crippen molar-refractivity contribution in [1.29, 1.82) is 10.5 Å². The number of hydrogen-bond donors (Lipinski definition) is 1. The standard InChI is InChI=1S/C18H12N6OS/c1-11-4-13(10-21-8-11)17(25)24-18-23-15-3-2-12(5-16(15)26-18)9-22-14(6-19)7-20/h2-5,8,10H,9H2,1H3,(H,23,24,25). The number of carbonyl (C=O) groups is 1. The molecule has 1 N–H and O–H groups in total. The maximum absolute atomic E-state index is 12.3. The van der Waals surface area contributed by atoms with Gasteiger partial charge < -0.3 is 0 Å². The molecule has 0 aliphatic heterocycles. The number of benzene rings is 1. The van der Waals surface area contributed by atoms with Crippen LogP contribution in [0.15, 0.2) is 41.7 Å². The molecule has 2 aromatic heterocycles. The minimum Gasteiger partial charge on any atom is -0.298 e. The highest BCUT2D eigenvalue weighted by atomic mass is 32.1. The van der Waals surface area contributed by atoms with Crippen LogP contribution in [0.3, 0.4) is 0 Å². The Kier molecular flexibility index (Phi) is 4.97. The van der Waals surface area contributed by atoms with Gasteiger partial charge in [-0.05, 0) is 36.2 Å². The van der Waals surface area contributed by atoms with Gasteiger partial charge in [-0.25, -0.2) is 4.98 Å². The van der Waals surface area contributed by atoms with E-state index in [2.05, 4.69) is 20.3 Å². The second-order valence-electron chi connectivity index (χ2n) is 5.41. The van der Waals surface area contributed by atoms with E-state index in [1.807, 2.05) is 25.1 Å². The lowest BCUT2D eigenvalue weighted by Gasteiger charge is -2.01. The van der Waals surface area contributed by atoms with Crippen LogP contribution in [0.5, 0.6) is 0 Å². The van der Waals surface area contributed by atoms with E-state index in [9.17, 15) is 4.79 Å². The first-order chi connectivity index (χ1) is 12.6. The number of aliphatic imine (C=N–C) groups is 1. The number of nitrogens with zero attached hydrogens (tertiary/aromatic N) is 5. The molecule has 0 aliphatic carbocycles. The Hall–Kier alpha value is -3.62. The van der Waals surface area contributed by atoms with E-state index in [-0.39, 0.29) is 18.2 Å². The van der Waals surface area contributed by atoms with Crippen molar-refractivity contribution in [3.63, 3.8) is 0 Å². The quantitative estimate of drug-likeness (QED) is 0.717. The van der Waals surface area contributed by atoms with Crippen molar-refractivity contribution in [2.75, 3.05) is 5.32 Å². The van der Waals surface area contributed by atoms with E-state index < -0.39 is 0 Å². The minimum atomic E-state index is -0.266. The molecule has 0 aliphatic rings. The molecule has 0 saturated carbocycles. The van der Waals surface area contributed by atoms with E-state index in [0.29, 0.717) is 10.7 Å². The number of carbonyl (C=O) groups excluding carboxylic acids is 1. The van der Waals surface area contributed by atoms with Gasteiger partial charge in [-0.1, -0.05) is 17.4 Å². The molecule has 0 unspecified atom stereocenters. The first-order valence-corrected chi connectivity index (χ1v) is 8.38. The third-order valence-corrected chi connectivity index (χ3v) is 4.38. The molecule has 2 heterocycles. The summed E-state index contributed by atoms with van der Waals surface area (Å²) in [5.41, 5.74) is 2.82. The van der Waals surface area contributed by atoms with Gasteiger partial charge in [-0.2, -0.15) is 10.5 Å². The lowest BCUT2D eigenvalue weighted by Crippen LogP contribution is -2.12. The second-order valence-corrected chi connectivity index (χ2v) is 6.45. The van der Waals surface area contributed by atoms with Gasteiger partial charge in [0.05, 0.1) is 22.3 Å². The molecular weight excluding hydrogens is 348 g/mol. The third-order valence-electron chi connectivity index (χ3n) is 3.44. The molecule has 0 fully saturated rings. The summed E-state index contributed by atoms with van der Waals surface area (Å²) < 4.78 is 0.880. The Labute approximate surface area is 153 Å². The molecule has 0 spiro atoms. The normalized spacial score (nSPS) is 9.96. The van der Waals surface area contributed by atoms with Crippen molar-refractivity contribution >= 4 is 38.3 Å². The number of nitrogens with one attached hydrogen (secondary N) is 1. The van der Waals surface area contributed by atoms with Crippen LogP contribution in [-0.4, -0.2) is 21.6 Å². The lowest BCUT2D eigenvalue weighted by atomic mass is 10.2. The Morgan fingerprint density at radius 1 is 1.27 bits per heavy atom. The predicted octanol–water partition coefficient (Wildman–Crippen LogP) is 3.24. The van der Waals surface area contributed by atoms with Crippen LogP contribution in [0, 0.1) is 29.6 Å². The van der Waals surface area contributed by atoms with Crippen LogP contribution < -0.4 is 5.32 Å². The van der Waals surface area contributed by atoms with Crippen molar-refractivity contribution in [3.05, 3.63) is 53.3 Å². The topological polar surface area (TPSA) is 115 Å². The van der Waals surface area contributed by atoms with Crippen molar-refractivity contribution < 1.29 is 4.79 Å². The SMILES string of the molecule is Cc1cncc(C(=O)Nc2nc3ccc(CN=C(C#N)C#N)cc3s2)c1. The molecule has 8 heteroatoms. The Bertz CT molecular complexity index is 1090. The van der Waals surface area contributed by atoms with Crippen molar-refractivity contribution in [1.82, 2.24) is 9.97 Å². The zero-order chi connectivity index (χ0) is 18.5. The van der Waals surface area contributed by atoms with Gasteiger partial charge in [0.1, 0.15) is 12.1 Å². The monoisotopic (exact) mass is 360 g/mol. The molecule has 126 valence electrons. The van der Waals surface area contributed by atoms with Gasteiger partial charge in [0, 0.05) is 12.4 Å². The van der Waals surface area contributed by atoms with Crippen molar-refractivity contribution in [2.45, 2.75) is 13.5 Å². The van der Waals surface area contributed by atoms with Gasteiger partial charge in [-0.15, -0.1) is 0 Å². The highest BCUT2D eigenvalue weighted by Gasteiger charge is 2.11. The highest BCUT2D eigenvalue weighted by Crippen LogP contribution is 2.27. The van der Waals surface area contributed by atoms with E-state index in [4.69, 9.17) is 10.5 Å². The van der Waals surface area contributed by atoms with Crippen LogP contribution in [-0.2, 0) is 6.54 Å². The number of nitriles is 2. The van der Waals surface area contributed by atoms with Crippen LogP contribution in [0.4, 0.5) is 5.13 Å². The zero-order valence-electron chi connectivity index (χ0n) is 13.7. The second kappa shape index (κ2) is 7.51. The smallest absolute Gasteiger partial charge is 0.259 e. The van der Waals surface area contributed by atoms with Gasteiger partial charge in [0.25, 0.3) is 5.91 Å². The summed E-state index contributed by atoms with van der Waals surface area (Å²) in [4.78, 5) is 24.6. The Morgan fingerprint density at radius 3 is 2.81 bits per heavy atom. The van der Waals surface area contributed by atoms with Crippen LogP contribution >= 0.6 is 11.3 Å². The molecule has 26 heavy (non-hydrogen) atoms. The summed E-state index contributed by atoms with van der Waals surface area (Å²) in [6.45, 7) is 2.11. The van der Waals surface area contributed by atoms with Crippen molar-refractivity contribution in [2.24, 2.45) is 4.99 Å². The number of pyridine rings is 1. The molecule has 3 rings (SSSR count). The average molecular weight is 360 g/mol. The van der Waals surface area contributed by atoms with Crippen LogP contribution in [0.1, 0.15) is 21.5 Å². The number of anilines is 1. The lowest BCUT2D eigenvalue weighted by molar-refractivity contribution is 0.102. The maximum Gasteiger partial charge on any atom is 0.259 e. The number of aryl methyl sites for hydroxylation is 1. The molecular formula is C18H12N6OS. The first kappa shape index (κ1) is 17.2. The van der Waals surface area contributed by atoms with Gasteiger partial charge >= 0.3 is 0 Å². The van der Waals surface area contributed by atoms with Gasteiger partial charge in [0.15, 0.2) is 5.13 Å². The molecule has 0 atom stereocenters. The first-order valence-electron chi connectivity index (χ1n) is 7.56. The predicted molar refractivity (Wildman–Crippen MR) is 98.9 cm³/mol. The fraction of sp³-hybridized carbons (Fsp3) is 0.111. The fourth-order valence-electron chi connectivity index (χ4n) is 2.24. The summed E-state index contributed by atoms with van der Waals surface area (Å²) >= 11 is 1.34. The van der Waals surface area contributed by atoms with Gasteiger partial charge in [0.2, 0.25) is 5.71 Å². The summed E-state index contributed by atoms with van der Waals surface area (Å²) in [5, 5.41) is 20.7. The number of amides is 1. The fourth-order valence-corrected chi connectivity index (χ4v) is 3.16.